The molecule has 0 aliphatic carbocycles. The molecule has 0 bridgehead atoms. The molecule has 0 aliphatic rings. The highest BCUT2D eigenvalue weighted by atomic mass is 16.3. The lowest BCUT2D eigenvalue weighted by Gasteiger charge is -2.10. The first-order valence-electron chi connectivity index (χ1n) is 8.19. The van der Waals surface area contributed by atoms with Gasteiger partial charge in [0.15, 0.2) is 0 Å². The molecule has 4 rings (SSSR count). The number of fused-ring (bicyclic) bond motifs is 2. The van der Waals surface area contributed by atoms with Crippen LogP contribution in [0.1, 0.15) is 5.56 Å². The predicted octanol–water partition coefficient (Wildman–Crippen LogP) is 4.88. The largest absolute Gasteiger partial charge is 0.508 e. The highest BCUT2D eigenvalue weighted by molar-refractivity contribution is 6.03. The number of hydrogen-bond acceptors (Lipinski definition) is 2. The lowest BCUT2D eigenvalue weighted by molar-refractivity contribution is -0.115. The van der Waals surface area contributed by atoms with E-state index in [-0.39, 0.29) is 18.1 Å². The van der Waals surface area contributed by atoms with E-state index in [0.717, 1.165) is 27.2 Å². The smallest absolute Gasteiger partial charge is 0.228 e. The Hall–Kier alpha value is -3.33. The van der Waals surface area contributed by atoms with Crippen LogP contribution in [0.25, 0.3) is 21.5 Å². The van der Waals surface area contributed by atoms with Crippen molar-refractivity contribution in [2.45, 2.75) is 6.42 Å². The summed E-state index contributed by atoms with van der Waals surface area (Å²) in [4.78, 5) is 12.5. The molecule has 0 aliphatic heterocycles. The fourth-order valence-corrected chi connectivity index (χ4v) is 3.12. The normalized spacial score (nSPS) is 10.9. The van der Waals surface area contributed by atoms with E-state index >= 15 is 0 Å². The van der Waals surface area contributed by atoms with Crippen LogP contribution >= 0.6 is 0 Å². The van der Waals surface area contributed by atoms with E-state index < -0.39 is 0 Å². The number of phenolic OH excluding ortho intramolecular Hbond substituents is 1. The minimum absolute atomic E-state index is 0.125. The van der Waals surface area contributed by atoms with E-state index in [2.05, 4.69) is 5.32 Å². The van der Waals surface area contributed by atoms with Crippen molar-refractivity contribution in [1.29, 1.82) is 0 Å². The third-order valence-electron chi connectivity index (χ3n) is 4.36. The van der Waals surface area contributed by atoms with Gasteiger partial charge < -0.3 is 10.4 Å². The van der Waals surface area contributed by atoms with Crippen LogP contribution in [0.4, 0.5) is 5.69 Å². The molecule has 0 aromatic heterocycles. The Bertz CT molecular complexity index is 1080. The van der Waals surface area contributed by atoms with Gasteiger partial charge in [0.05, 0.1) is 6.42 Å². The number of nitrogens with one attached hydrogen (secondary N) is 1. The molecule has 0 saturated carbocycles. The summed E-state index contributed by atoms with van der Waals surface area (Å²) in [5.74, 6) is -0.00583. The Morgan fingerprint density at radius 1 is 0.800 bits per heavy atom. The van der Waals surface area contributed by atoms with E-state index in [1.807, 2.05) is 72.8 Å². The van der Waals surface area contributed by atoms with E-state index in [0.29, 0.717) is 5.56 Å². The van der Waals surface area contributed by atoms with Crippen LogP contribution in [0.15, 0.2) is 78.9 Å². The molecule has 0 spiro atoms. The van der Waals surface area contributed by atoms with Crippen LogP contribution in [0.3, 0.4) is 0 Å². The lowest BCUT2D eigenvalue weighted by atomic mass is 10.0. The van der Waals surface area contributed by atoms with Crippen molar-refractivity contribution >= 4 is 33.1 Å². The van der Waals surface area contributed by atoms with Gasteiger partial charge in [-0.3, -0.25) is 4.79 Å². The minimum atomic E-state index is -0.151. The first-order chi connectivity index (χ1) is 12.2. The molecule has 2 N–H and O–H groups in total. The summed E-state index contributed by atoms with van der Waals surface area (Å²) in [6.45, 7) is 0. The molecule has 122 valence electrons. The maximum Gasteiger partial charge on any atom is 0.228 e. The zero-order valence-corrected chi connectivity index (χ0v) is 13.6. The zero-order chi connectivity index (χ0) is 17.2. The fraction of sp³-hybridized carbons (Fsp3) is 0.0455. The zero-order valence-electron chi connectivity index (χ0n) is 13.6. The molecule has 0 saturated heterocycles. The summed E-state index contributed by atoms with van der Waals surface area (Å²) >= 11 is 0. The number of carbonyl (C=O) groups is 1. The SMILES string of the molecule is O=C(Cc1cc2ccccc2cc1O)Nc1cccc2ccccc12. The Morgan fingerprint density at radius 2 is 1.44 bits per heavy atom. The molecule has 0 atom stereocenters. The van der Waals surface area contributed by atoms with Gasteiger partial charge in [-0.25, -0.2) is 0 Å². The average Bonchev–Trinajstić information content (AvgIpc) is 2.63. The number of phenols is 1. The molecule has 0 fully saturated rings. The van der Waals surface area contributed by atoms with Crippen LogP contribution in [0.5, 0.6) is 5.75 Å². The monoisotopic (exact) mass is 327 g/mol. The van der Waals surface area contributed by atoms with Gasteiger partial charge in [0.25, 0.3) is 0 Å². The predicted molar refractivity (Wildman–Crippen MR) is 102 cm³/mol. The maximum atomic E-state index is 12.5. The summed E-state index contributed by atoms with van der Waals surface area (Å²) in [6, 6.07) is 25.1. The van der Waals surface area contributed by atoms with Gasteiger partial charge in [-0.15, -0.1) is 0 Å². The maximum absolute atomic E-state index is 12.5. The number of benzene rings is 4. The van der Waals surface area contributed by atoms with Crippen molar-refractivity contribution in [1.82, 2.24) is 0 Å². The third-order valence-corrected chi connectivity index (χ3v) is 4.36. The van der Waals surface area contributed by atoms with Crippen molar-refractivity contribution in [3.8, 4) is 5.75 Å². The summed E-state index contributed by atoms with van der Waals surface area (Å²) in [6.07, 6.45) is 0.125. The van der Waals surface area contributed by atoms with E-state index in [9.17, 15) is 9.90 Å². The van der Waals surface area contributed by atoms with Crippen molar-refractivity contribution in [2.75, 3.05) is 5.32 Å². The summed E-state index contributed by atoms with van der Waals surface area (Å²) < 4.78 is 0. The van der Waals surface area contributed by atoms with E-state index in [1.54, 1.807) is 6.07 Å². The minimum Gasteiger partial charge on any atom is -0.508 e. The fourth-order valence-electron chi connectivity index (χ4n) is 3.12. The molecule has 4 aromatic rings. The Labute approximate surface area is 145 Å². The van der Waals surface area contributed by atoms with Gasteiger partial charge in [0.2, 0.25) is 5.91 Å². The standard InChI is InChI=1S/C22H17NO2/c24-21-13-17-8-2-1-7-16(17)12-18(21)14-22(25)23-20-11-5-9-15-6-3-4-10-19(15)20/h1-13,24H,14H2,(H,23,25). The summed E-state index contributed by atoms with van der Waals surface area (Å²) in [5, 5.41) is 17.2. The molecule has 3 nitrogen and oxygen atoms in total. The molecule has 0 heterocycles. The Morgan fingerprint density at radius 3 is 2.24 bits per heavy atom. The molecule has 4 aromatic carbocycles. The number of rotatable bonds is 3. The summed E-state index contributed by atoms with van der Waals surface area (Å²) in [7, 11) is 0. The van der Waals surface area contributed by atoms with Crippen LogP contribution in [0, 0.1) is 0 Å². The Kier molecular flexibility index (Phi) is 3.82. The topological polar surface area (TPSA) is 49.3 Å². The molecular formula is C22H17NO2. The highest BCUT2D eigenvalue weighted by Crippen LogP contribution is 2.27. The molecular weight excluding hydrogens is 310 g/mol. The van der Waals surface area contributed by atoms with E-state index in [1.165, 1.54) is 0 Å². The number of anilines is 1. The van der Waals surface area contributed by atoms with Crippen LogP contribution in [0.2, 0.25) is 0 Å². The number of hydrogen-bond donors (Lipinski definition) is 2. The van der Waals surface area contributed by atoms with Crippen LogP contribution < -0.4 is 5.32 Å². The second kappa shape index (κ2) is 6.29. The van der Waals surface area contributed by atoms with Crippen LogP contribution in [-0.4, -0.2) is 11.0 Å². The average molecular weight is 327 g/mol. The number of carbonyl (C=O) groups excluding carboxylic acids is 1. The van der Waals surface area contributed by atoms with Crippen molar-refractivity contribution in [3.63, 3.8) is 0 Å². The second-order valence-electron chi connectivity index (χ2n) is 6.08. The Balaban J connectivity index is 1.61. The van der Waals surface area contributed by atoms with Crippen LogP contribution in [-0.2, 0) is 11.2 Å². The third kappa shape index (κ3) is 3.04. The van der Waals surface area contributed by atoms with Gasteiger partial charge in [-0.05, 0) is 34.4 Å². The quantitative estimate of drug-likeness (QED) is 0.563. The van der Waals surface area contributed by atoms with Gasteiger partial charge in [0.1, 0.15) is 5.75 Å². The molecule has 0 unspecified atom stereocenters. The number of amides is 1. The summed E-state index contributed by atoms with van der Waals surface area (Å²) in [5.41, 5.74) is 1.40. The van der Waals surface area contributed by atoms with Gasteiger partial charge in [0, 0.05) is 16.6 Å². The van der Waals surface area contributed by atoms with Gasteiger partial charge >= 0.3 is 0 Å². The van der Waals surface area contributed by atoms with Crippen molar-refractivity contribution in [3.05, 3.63) is 84.4 Å². The molecule has 25 heavy (non-hydrogen) atoms. The van der Waals surface area contributed by atoms with Crippen molar-refractivity contribution in [2.24, 2.45) is 0 Å². The molecule has 1 amide bonds. The van der Waals surface area contributed by atoms with Crippen molar-refractivity contribution < 1.29 is 9.90 Å². The van der Waals surface area contributed by atoms with E-state index in [4.69, 9.17) is 0 Å². The van der Waals surface area contributed by atoms with Gasteiger partial charge in [-0.2, -0.15) is 0 Å². The van der Waals surface area contributed by atoms with Gasteiger partial charge in [-0.1, -0.05) is 60.7 Å². The highest BCUT2D eigenvalue weighted by Gasteiger charge is 2.11. The second-order valence-corrected chi connectivity index (χ2v) is 6.08. The molecule has 0 radical (unpaired) electrons. The first-order valence-corrected chi connectivity index (χ1v) is 8.19. The number of aromatic hydroxyl groups is 1. The first kappa shape index (κ1) is 15.2. The molecule has 3 heteroatoms. The lowest BCUT2D eigenvalue weighted by Crippen LogP contribution is -2.14.